The van der Waals surface area contributed by atoms with Crippen molar-refractivity contribution in [3.63, 3.8) is 0 Å². The van der Waals surface area contributed by atoms with Crippen LogP contribution in [-0.4, -0.2) is 22.5 Å². The minimum Gasteiger partial charge on any atom is -0.404 e. The molecule has 0 aliphatic heterocycles. The van der Waals surface area contributed by atoms with Gasteiger partial charge < -0.3 is 16.0 Å². The Balaban J connectivity index is 2.30. The van der Waals surface area contributed by atoms with Gasteiger partial charge in [-0.1, -0.05) is 18.7 Å². The van der Waals surface area contributed by atoms with Gasteiger partial charge in [0.1, 0.15) is 0 Å². The van der Waals surface area contributed by atoms with Crippen LogP contribution in [0.2, 0.25) is 0 Å². The Labute approximate surface area is 116 Å². The molecule has 6 heteroatoms. The van der Waals surface area contributed by atoms with Gasteiger partial charge in [0.05, 0.1) is 11.0 Å². The van der Waals surface area contributed by atoms with Crippen molar-refractivity contribution in [3.05, 3.63) is 42.6 Å². The van der Waals surface area contributed by atoms with Gasteiger partial charge in [-0.25, -0.2) is 9.78 Å². The zero-order valence-corrected chi connectivity index (χ0v) is 11.2. The Bertz CT molecular complexity index is 671. The highest BCUT2D eigenvalue weighted by atomic mass is 16.2. The Morgan fingerprint density at radius 3 is 3.00 bits per heavy atom. The second kappa shape index (κ2) is 5.92. The molecule has 0 aliphatic rings. The number of carbonyl (C=O) groups is 1. The fourth-order valence-corrected chi connectivity index (χ4v) is 1.84. The summed E-state index contributed by atoms with van der Waals surface area (Å²) >= 11 is 0. The molecule has 1 aromatic carbocycles. The molecule has 2 amide bonds. The molecule has 0 saturated heterocycles. The molecule has 1 heterocycles. The highest BCUT2D eigenvalue weighted by molar-refractivity contribution is 5.90. The number of benzene rings is 1. The summed E-state index contributed by atoms with van der Waals surface area (Å²) in [4.78, 5) is 18.8. The molecule has 0 atom stereocenters. The number of rotatable bonds is 4. The lowest BCUT2D eigenvalue weighted by molar-refractivity contribution is 0.252. The standard InChI is InChI=1S/C14H17N5O/c1-3-9(8-15)10-5-6-11-12(7-10)18-13(17-11)19-14(20)16-4-2/h3,5-8H,1,4,15H2,2H3,(H3,16,17,18,19,20)/b9-8+. The topological polar surface area (TPSA) is 95.8 Å². The van der Waals surface area contributed by atoms with Crippen molar-refractivity contribution in [1.29, 1.82) is 0 Å². The summed E-state index contributed by atoms with van der Waals surface area (Å²) < 4.78 is 0. The van der Waals surface area contributed by atoms with Crippen LogP contribution in [0.1, 0.15) is 12.5 Å². The van der Waals surface area contributed by atoms with Gasteiger partial charge in [0.25, 0.3) is 0 Å². The van der Waals surface area contributed by atoms with Crippen LogP contribution < -0.4 is 16.4 Å². The van der Waals surface area contributed by atoms with Crippen molar-refractivity contribution in [2.75, 3.05) is 11.9 Å². The summed E-state index contributed by atoms with van der Waals surface area (Å²) in [6.07, 6.45) is 3.18. The zero-order chi connectivity index (χ0) is 14.5. The smallest absolute Gasteiger partial charge is 0.321 e. The van der Waals surface area contributed by atoms with Crippen molar-refractivity contribution in [3.8, 4) is 0 Å². The molecule has 2 aromatic rings. The summed E-state index contributed by atoms with van der Waals surface area (Å²) in [5.74, 6) is 0.403. The minimum atomic E-state index is -0.291. The van der Waals surface area contributed by atoms with Crippen molar-refractivity contribution >= 4 is 28.6 Å². The lowest BCUT2D eigenvalue weighted by Gasteiger charge is -2.00. The number of aromatic amines is 1. The molecule has 1 aromatic heterocycles. The van der Waals surface area contributed by atoms with E-state index in [4.69, 9.17) is 5.73 Å². The molecule has 0 saturated carbocycles. The predicted octanol–water partition coefficient (Wildman–Crippen LogP) is 2.19. The van der Waals surface area contributed by atoms with Gasteiger partial charge in [-0.15, -0.1) is 0 Å². The number of hydrogen-bond acceptors (Lipinski definition) is 3. The molecule has 6 nitrogen and oxygen atoms in total. The Kier molecular flexibility index (Phi) is 4.05. The Morgan fingerprint density at radius 1 is 1.55 bits per heavy atom. The predicted molar refractivity (Wildman–Crippen MR) is 81.2 cm³/mol. The third-order valence-corrected chi connectivity index (χ3v) is 2.79. The SMILES string of the molecule is C=C/C(=C\N)c1ccc2[nH]c(NC(=O)NCC)nc2c1. The first-order chi connectivity index (χ1) is 9.67. The molecule has 0 bridgehead atoms. The number of carbonyl (C=O) groups excluding carboxylic acids is 1. The van der Waals surface area contributed by atoms with E-state index >= 15 is 0 Å². The van der Waals surface area contributed by atoms with E-state index in [1.165, 1.54) is 6.20 Å². The first kappa shape index (κ1) is 13.7. The number of hydrogen-bond donors (Lipinski definition) is 4. The molecule has 0 unspecified atom stereocenters. The van der Waals surface area contributed by atoms with Crippen molar-refractivity contribution < 1.29 is 4.79 Å². The highest BCUT2D eigenvalue weighted by Crippen LogP contribution is 2.21. The average molecular weight is 271 g/mol. The zero-order valence-electron chi connectivity index (χ0n) is 11.2. The number of allylic oxidation sites excluding steroid dienone is 2. The second-order valence-electron chi connectivity index (χ2n) is 4.13. The molecular formula is C14H17N5O. The fourth-order valence-electron chi connectivity index (χ4n) is 1.84. The Hall–Kier alpha value is -2.76. The van der Waals surface area contributed by atoms with Gasteiger partial charge in [0.2, 0.25) is 5.95 Å². The normalized spacial score (nSPS) is 11.3. The van der Waals surface area contributed by atoms with Crippen LogP contribution >= 0.6 is 0 Å². The molecular weight excluding hydrogens is 254 g/mol. The van der Waals surface area contributed by atoms with Gasteiger partial charge in [0.15, 0.2) is 0 Å². The lowest BCUT2D eigenvalue weighted by Crippen LogP contribution is -2.28. The number of H-pyrrole nitrogens is 1. The van der Waals surface area contributed by atoms with Crippen LogP contribution in [0.25, 0.3) is 16.6 Å². The third kappa shape index (κ3) is 2.80. The summed E-state index contributed by atoms with van der Waals surface area (Å²) in [5, 5.41) is 5.27. The minimum absolute atomic E-state index is 0.291. The van der Waals surface area contributed by atoms with E-state index in [1.54, 1.807) is 6.08 Å². The number of amides is 2. The summed E-state index contributed by atoms with van der Waals surface area (Å²) in [5.41, 5.74) is 8.87. The lowest BCUT2D eigenvalue weighted by atomic mass is 10.1. The van der Waals surface area contributed by atoms with Gasteiger partial charge in [-0.05, 0) is 30.2 Å². The summed E-state index contributed by atoms with van der Waals surface area (Å²) in [6, 6.07) is 5.39. The quantitative estimate of drug-likeness (QED) is 0.642. The van der Waals surface area contributed by atoms with Crippen LogP contribution in [0.15, 0.2) is 37.1 Å². The first-order valence-corrected chi connectivity index (χ1v) is 6.27. The summed E-state index contributed by atoms with van der Waals surface area (Å²) in [7, 11) is 0. The first-order valence-electron chi connectivity index (χ1n) is 6.27. The third-order valence-electron chi connectivity index (χ3n) is 2.79. The highest BCUT2D eigenvalue weighted by Gasteiger charge is 2.07. The molecule has 0 radical (unpaired) electrons. The average Bonchev–Trinajstić information content (AvgIpc) is 2.81. The van der Waals surface area contributed by atoms with Crippen molar-refractivity contribution in [2.45, 2.75) is 6.92 Å². The van der Waals surface area contributed by atoms with Crippen LogP contribution in [0, 0.1) is 0 Å². The molecule has 5 N–H and O–H groups in total. The van der Waals surface area contributed by atoms with Crippen LogP contribution in [-0.2, 0) is 0 Å². The van der Waals surface area contributed by atoms with E-state index in [-0.39, 0.29) is 6.03 Å². The fraction of sp³-hybridized carbons (Fsp3) is 0.143. The number of nitrogens with two attached hydrogens (primary N) is 1. The number of nitrogens with one attached hydrogen (secondary N) is 3. The molecule has 0 spiro atoms. The monoisotopic (exact) mass is 271 g/mol. The van der Waals surface area contributed by atoms with E-state index in [9.17, 15) is 4.79 Å². The molecule has 104 valence electrons. The summed E-state index contributed by atoms with van der Waals surface area (Å²) in [6.45, 7) is 6.11. The van der Waals surface area contributed by atoms with Gasteiger partial charge in [0, 0.05) is 12.7 Å². The van der Waals surface area contributed by atoms with Gasteiger partial charge >= 0.3 is 6.03 Å². The van der Waals surface area contributed by atoms with E-state index in [2.05, 4.69) is 27.2 Å². The maximum atomic E-state index is 11.4. The van der Waals surface area contributed by atoms with E-state index in [1.807, 2.05) is 25.1 Å². The van der Waals surface area contributed by atoms with Gasteiger partial charge in [-0.2, -0.15) is 0 Å². The molecule has 20 heavy (non-hydrogen) atoms. The van der Waals surface area contributed by atoms with E-state index in [0.717, 1.165) is 22.2 Å². The van der Waals surface area contributed by atoms with Crippen molar-refractivity contribution in [1.82, 2.24) is 15.3 Å². The van der Waals surface area contributed by atoms with Gasteiger partial charge in [-0.3, -0.25) is 5.32 Å². The number of nitrogens with zero attached hydrogens (tertiary/aromatic N) is 1. The largest absolute Gasteiger partial charge is 0.404 e. The van der Waals surface area contributed by atoms with Crippen LogP contribution in [0.4, 0.5) is 10.7 Å². The maximum absolute atomic E-state index is 11.4. The van der Waals surface area contributed by atoms with E-state index in [0.29, 0.717) is 12.5 Å². The second-order valence-corrected chi connectivity index (χ2v) is 4.13. The van der Waals surface area contributed by atoms with Crippen LogP contribution in [0.5, 0.6) is 0 Å². The number of imidazole rings is 1. The number of anilines is 1. The van der Waals surface area contributed by atoms with Crippen LogP contribution in [0.3, 0.4) is 0 Å². The van der Waals surface area contributed by atoms with Crippen molar-refractivity contribution in [2.24, 2.45) is 5.73 Å². The maximum Gasteiger partial charge on any atom is 0.321 e. The van der Waals surface area contributed by atoms with E-state index < -0.39 is 0 Å². The Morgan fingerprint density at radius 2 is 2.35 bits per heavy atom. The molecule has 2 rings (SSSR count). The molecule has 0 fully saturated rings. The number of aromatic nitrogens is 2. The number of fused-ring (bicyclic) bond motifs is 1. The molecule has 0 aliphatic carbocycles. The number of urea groups is 1.